The highest BCUT2D eigenvalue weighted by molar-refractivity contribution is 7.76. The molecule has 9 heteroatoms. The number of fused-ring (bicyclic) bond motifs is 1. The summed E-state index contributed by atoms with van der Waals surface area (Å²) in [7, 11) is 0. The van der Waals surface area contributed by atoms with Crippen LogP contribution in [0.3, 0.4) is 0 Å². The van der Waals surface area contributed by atoms with E-state index in [2.05, 4.69) is 16.7 Å². The molecule has 2 N–H and O–H groups in total. The van der Waals surface area contributed by atoms with E-state index in [1.807, 2.05) is 60.7 Å². The number of aliphatic carboxylic acids is 1. The number of benzene rings is 3. The molecule has 8 nitrogen and oxygen atoms in total. The Morgan fingerprint density at radius 3 is 2.16 bits per heavy atom. The van der Waals surface area contributed by atoms with Gasteiger partial charge < -0.3 is 10.0 Å². The highest BCUT2D eigenvalue weighted by atomic mass is 32.2. The molecule has 0 bridgehead atoms. The molecule has 4 rings (SSSR count). The van der Waals surface area contributed by atoms with E-state index in [-0.39, 0.29) is 11.7 Å². The fourth-order valence-electron chi connectivity index (χ4n) is 4.72. The van der Waals surface area contributed by atoms with Crippen LogP contribution in [0.15, 0.2) is 60.7 Å². The lowest BCUT2D eigenvalue weighted by Crippen LogP contribution is -2.60. The number of carboxylic acids is 1. The van der Waals surface area contributed by atoms with Gasteiger partial charge in [0.05, 0.1) is 0 Å². The molecule has 0 radical (unpaired) electrons. The van der Waals surface area contributed by atoms with Gasteiger partial charge in [-0.25, -0.2) is 9.22 Å². The normalized spacial score (nSPS) is 15.8. The van der Waals surface area contributed by atoms with Gasteiger partial charge in [0.15, 0.2) is 5.78 Å². The largest absolute Gasteiger partial charge is 0.480 e. The van der Waals surface area contributed by atoms with Crippen LogP contribution < -0.4 is 4.90 Å². The summed E-state index contributed by atoms with van der Waals surface area (Å²) in [5.74, 6) is 4.95. The van der Waals surface area contributed by atoms with E-state index >= 15 is 0 Å². The first kappa shape index (κ1) is 27.5. The van der Waals surface area contributed by atoms with Gasteiger partial charge in [-0.05, 0) is 60.0 Å². The highest BCUT2D eigenvalue weighted by Crippen LogP contribution is 2.23. The van der Waals surface area contributed by atoms with Crippen LogP contribution in [0.5, 0.6) is 0 Å². The van der Waals surface area contributed by atoms with E-state index in [1.54, 1.807) is 25.8 Å². The number of carbonyl (C=O) groups is 2. The van der Waals surface area contributed by atoms with Crippen molar-refractivity contribution in [2.45, 2.75) is 26.8 Å². The lowest BCUT2D eigenvalue weighted by molar-refractivity contribution is -0.148. The van der Waals surface area contributed by atoms with Gasteiger partial charge in [-0.3, -0.25) is 14.1 Å². The second-order valence-electron chi connectivity index (χ2n) is 9.60. The Kier molecular flexibility index (Phi) is 8.59. The first-order valence-electron chi connectivity index (χ1n) is 12.4. The van der Waals surface area contributed by atoms with Crippen molar-refractivity contribution in [1.82, 2.24) is 9.42 Å². The van der Waals surface area contributed by atoms with Crippen molar-refractivity contribution in [3.05, 3.63) is 77.4 Å². The smallest absolute Gasteiger partial charge is 0.323 e. The minimum atomic E-state index is -2.43. The molecule has 0 amide bonds. The van der Waals surface area contributed by atoms with Gasteiger partial charge in [-0.1, -0.05) is 50.0 Å². The Labute approximate surface area is 225 Å². The second-order valence-corrected chi connectivity index (χ2v) is 10.4. The second kappa shape index (κ2) is 11.9. The molecular weight excluding hydrogens is 502 g/mol. The molecule has 0 saturated carbocycles. The molecule has 2 unspecified atom stereocenters. The lowest BCUT2D eigenvalue weighted by atomic mass is 10.00. The highest BCUT2D eigenvalue weighted by Gasteiger charge is 2.38. The van der Waals surface area contributed by atoms with Crippen LogP contribution in [-0.4, -0.2) is 67.3 Å². The van der Waals surface area contributed by atoms with Crippen molar-refractivity contribution in [1.29, 1.82) is 0 Å². The summed E-state index contributed by atoms with van der Waals surface area (Å²) in [4.78, 5) is 25.9. The van der Waals surface area contributed by atoms with Crippen molar-refractivity contribution in [3.8, 4) is 11.8 Å². The minimum Gasteiger partial charge on any atom is -0.480 e. The average molecular weight is 534 g/mol. The van der Waals surface area contributed by atoms with Crippen molar-refractivity contribution in [3.63, 3.8) is 0 Å². The molecule has 1 aliphatic rings. The molecule has 3 aromatic carbocycles. The summed E-state index contributed by atoms with van der Waals surface area (Å²) in [6.45, 7) is 7.03. The quantitative estimate of drug-likeness (QED) is 0.269. The third-order valence-electron chi connectivity index (χ3n) is 6.66. The standard InChI is InChI=1S/C29H31N3O5S/c1-20(2)28(29(34)35)32(38(36)37)31-17-15-30(16-18-31)25-13-10-22(11-14-25)7-8-23-9-12-24-5-4-6-26(21(3)33)27(24)19-23/h4-6,9-14,19-20,28H,15-18H2,1-3H3,(H,34,35)(H,36,37). The Balaban J connectivity index is 1.44. The number of hydrazine groups is 1. The number of piperazine rings is 1. The van der Waals surface area contributed by atoms with Crippen molar-refractivity contribution in [2.75, 3.05) is 31.1 Å². The molecule has 2 atom stereocenters. The van der Waals surface area contributed by atoms with E-state index in [9.17, 15) is 23.5 Å². The summed E-state index contributed by atoms with van der Waals surface area (Å²) in [6, 6.07) is 18.4. The fourth-order valence-corrected chi connectivity index (χ4v) is 5.60. The van der Waals surface area contributed by atoms with Crippen LogP contribution >= 0.6 is 0 Å². The van der Waals surface area contributed by atoms with Crippen LogP contribution in [0.1, 0.15) is 42.3 Å². The van der Waals surface area contributed by atoms with Crippen LogP contribution in [-0.2, 0) is 16.1 Å². The lowest BCUT2D eigenvalue weighted by Gasteiger charge is -2.42. The zero-order chi connectivity index (χ0) is 27.4. The summed E-state index contributed by atoms with van der Waals surface area (Å²) in [5.41, 5.74) is 3.38. The summed E-state index contributed by atoms with van der Waals surface area (Å²) >= 11 is -2.43. The van der Waals surface area contributed by atoms with Crippen LogP contribution in [0.25, 0.3) is 10.8 Å². The molecule has 1 heterocycles. The number of carboxylic acid groups (broad SMARTS) is 1. The molecular formula is C29H31N3O5S. The third kappa shape index (κ3) is 6.11. The van der Waals surface area contributed by atoms with Gasteiger partial charge >= 0.3 is 5.97 Å². The third-order valence-corrected chi connectivity index (χ3v) is 7.44. The molecule has 1 aliphatic heterocycles. The minimum absolute atomic E-state index is 0.0242. The first-order chi connectivity index (χ1) is 18.2. The molecule has 1 saturated heterocycles. The summed E-state index contributed by atoms with van der Waals surface area (Å²) in [6.07, 6.45) is 0. The molecule has 0 aromatic heterocycles. The monoisotopic (exact) mass is 533 g/mol. The maximum atomic E-state index is 12.0. The van der Waals surface area contributed by atoms with E-state index in [4.69, 9.17) is 0 Å². The maximum Gasteiger partial charge on any atom is 0.323 e. The Morgan fingerprint density at radius 1 is 0.947 bits per heavy atom. The van der Waals surface area contributed by atoms with Crippen molar-refractivity contribution >= 4 is 39.5 Å². The van der Waals surface area contributed by atoms with E-state index in [0.29, 0.717) is 31.7 Å². The summed E-state index contributed by atoms with van der Waals surface area (Å²) in [5, 5.41) is 13.2. The van der Waals surface area contributed by atoms with Crippen molar-refractivity contribution < 1.29 is 23.5 Å². The number of anilines is 1. The van der Waals surface area contributed by atoms with Gasteiger partial charge in [0, 0.05) is 48.6 Å². The molecule has 1 fully saturated rings. The predicted molar refractivity (Wildman–Crippen MR) is 149 cm³/mol. The molecule has 38 heavy (non-hydrogen) atoms. The predicted octanol–water partition coefficient (Wildman–Crippen LogP) is 4.03. The number of hydrogen-bond donors (Lipinski definition) is 2. The average Bonchev–Trinajstić information content (AvgIpc) is 2.89. The van der Waals surface area contributed by atoms with E-state index in [0.717, 1.165) is 32.0 Å². The zero-order valence-corrected chi connectivity index (χ0v) is 22.4. The van der Waals surface area contributed by atoms with Crippen LogP contribution in [0, 0.1) is 17.8 Å². The maximum absolute atomic E-state index is 12.0. The number of carbonyl (C=O) groups excluding carboxylic acids is 1. The summed E-state index contributed by atoms with van der Waals surface area (Å²) < 4.78 is 22.9. The van der Waals surface area contributed by atoms with Gasteiger partial charge in [0.25, 0.3) is 0 Å². The first-order valence-corrected chi connectivity index (χ1v) is 13.5. The van der Waals surface area contributed by atoms with Gasteiger partial charge in [-0.2, -0.15) is 0 Å². The number of Topliss-reactive ketones (excluding diaryl/α,β-unsaturated/α-hetero) is 1. The Hall–Kier alpha value is -3.55. The molecule has 0 spiro atoms. The van der Waals surface area contributed by atoms with Gasteiger partial charge in [0.2, 0.25) is 11.3 Å². The zero-order valence-electron chi connectivity index (χ0n) is 21.6. The number of rotatable bonds is 7. The SMILES string of the molecule is CC(=O)c1cccc2ccc(C#Cc3ccc(N4CCN(N(C(C(=O)O)C(C)C)S(=O)O)CC4)cc3)cc12. The number of nitrogens with zero attached hydrogens (tertiary/aromatic N) is 3. The fraction of sp³-hybridized carbons (Fsp3) is 0.310. The van der Waals surface area contributed by atoms with Crippen LogP contribution in [0.2, 0.25) is 0 Å². The topological polar surface area (TPSA) is 101 Å². The van der Waals surface area contributed by atoms with Gasteiger partial charge in [-0.15, -0.1) is 4.41 Å². The Bertz CT molecular complexity index is 1420. The number of hydrogen-bond acceptors (Lipinski definition) is 5. The Morgan fingerprint density at radius 2 is 1.58 bits per heavy atom. The van der Waals surface area contributed by atoms with Crippen LogP contribution in [0.4, 0.5) is 5.69 Å². The molecule has 198 valence electrons. The van der Waals surface area contributed by atoms with Gasteiger partial charge in [0.1, 0.15) is 6.04 Å². The molecule has 0 aliphatic carbocycles. The van der Waals surface area contributed by atoms with E-state index < -0.39 is 23.3 Å². The number of ketones is 1. The van der Waals surface area contributed by atoms with Crippen molar-refractivity contribution in [2.24, 2.45) is 5.92 Å². The molecule has 3 aromatic rings. The van der Waals surface area contributed by atoms with E-state index in [1.165, 1.54) is 0 Å².